The maximum atomic E-state index is 13.5. The van der Waals surface area contributed by atoms with E-state index in [2.05, 4.69) is 5.48 Å². The third kappa shape index (κ3) is 3.90. The number of benzene rings is 3. The fourth-order valence-corrected chi connectivity index (χ4v) is 3.68. The Morgan fingerprint density at radius 2 is 1.62 bits per heavy atom. The second-order valence-electron chi connectivity index (χ2n) is 7.44. The van der Waals surface area contributed by atoms with Crippen LogP contribution in [0.25, 0.3) is 33.4 Å². The standard InChI is InChI=1S/C25H23FN2O4/c1-28(2)21-14-22-20(13-19(21)15-7-11-18(30-3)12-8-15)23(25(29)27-31-4)24(32-22)16-5-9-17(26)10-6-16/h5-14H,1-4H3,(H,27,29). The van der Waals surface area contributed by atoms with Crippen molar-refractivity contribution in [3.63, 3.8) is 0 Å². The summed E-state index contributed by atoms with van der Waals surface area (Å²) in [6.45, 7) is 0. The molecule has 3 aromatic carbocycles. The van der Waals surface area contributed by atoms with Gasteiger partial charge in [0.1, 0.15) is 22.9 Å². The number of carbonyl (C=O) groups is 1. The predicted molar refractivity (Wildman–Crippen MR) is 122 cm³/mol. The van der Waals surface area contributed by atoms with E-state index in [1.54, 1.807) is 19.2 Å². The molecule has 1 aromatic heterocycles. The Hall–Kier alpha value is -3.84. The van der Waals surface area contributed by atoms with Crippen molar-refractivity contribution in [1.29, 1.82) is 0 Å². The van der Waals surface area contributed by atoms with E-state index in [0.717, 1.165) is 22.6 Å². The Kier molecular flexibility index (Phi) is 5.83. The molecule has 0 atom stereocenters. The average Bonchev–Trinajstić information content (AvgIpc) is 3.17. The minimum absolute atomic E-state index is 0.313. The largest absolute Gasteiger partial charge is 0.497 e. The number of furan rings is 1. The first-order chi connectivity index (χ1) is 15.4. The Morgan fingerprint density at radius 3 is 2.22 bits per heavy atom. The van der Waals surface area contributed by atoms with Crippen LogP contribution in [0, 0.1) is 5.82 Å². The van der Waals surface area contributed by atoms with Crippen molar-refractivity contribution in [2.75, 3.05) is 33.2 Å². The molecule has 4 aromatic rings. The highest BCUT2D eigenvalue weighted by atomic mass is 19.1. The number of halogens is 1. The topological polar surface area (TPSA) is 63.9 Å². The molecule has 0 saturated carbocycles. The summed E-state index contributed by atoms with van der Waals surface area (Å²) in [7, 11) is 6.87. The van der Waals surface area contributed by atoms with Crippen LogP contribution in [0.15, 0.2) is 65.1 Å². The summed E-state index contributed by atoms with van der Waals surface area (Å²) in [5.41, 5.74) is 6.60. The summed E-state index contributed by atoms with van der Waals surface area (Å²) < 4.78 is 24.9. The van der Waals surface area contributed by atoms with Crippen LogP contribution in [0.3, 0.4) is 0 Å². The number of anilines is 1. The molecule has 1 heterocycles. The number of amides is 1. The van der Waals surface area contributed by atoms with Crippen molar-refractivity contribution in [2.24, 2.45) is 0 Å². The lowest BCUT2D eigenvalue weighted by molar-refractivity contribution is 0.0539. The van der Waals surface area contributed by atoms with Gasteiger partial charge in [-0.1, -0.05) is 12.1 Å². The Morgan fingerprint density at radius 1 is 0.969 bits per heavy atom. The summed E-state index contributed by atoms with van der Waals surface area (Å²) in [6, 6.07) is 17.3. The monoisotopic (exact) mass is 434 g/mol. The number of rotatable bonds is 6. The molecule has 7 heteroatoms. The minimum Gasteiger partial charge on any atom is -0.497 e. The third-order valence-corrected chi connectivity index (χ3v) is 5.22. The van der Waals surface area contributed by atoms with Gasteiger partial charge in [-0.2, -0.15) is 0 Å². The van der Waals surface area contributed by atoms with Crippen LogP contribution in [0.2, 0.25) is 0 Å². The van der Waals surface area contributed by atoms with Crippen molar-refractivity contribution < 1.29 is 23.2 Å². The molecule has 0 bridgehead atoms. The van der Waals surface area contributed by atoms with Crippen LogP contribution in [0.1, 0.15) is 10.4 Å². The van der Waals surface area contributed by atoms with Crippen LogP contribution < -0.4 is 15.1 Å². The lowest BCUT2D eigenvalue weighted by Crippen LogP contribution is -2.22. The van der Waals surface area contributed by atoms with E-state index in [0.29, 0.717) is 27.9 Å². The van der Waals surface area contributed by atoms with Crippen molar-refractivity contribution in [3.8, 4) is 28.2 Å². The maximum absolute atomic E-state index is 13.5. The summed E-state index contributed by atoms with van der Waals surface area (Å²) in [5.74, 6) is 0.266. The highest BCUT2D eigenvalue weighted by molar-refractivity contribution is 6.12. The highest BCUT2D eigenvalue weighted by Gasteiger charge is 2.24. The normalized spacial score (nSPS) is 10.9. The fraction of sp³-hybridized carbons (Fsp3) is 0.160. The van der Waals surface area contributed by atoms with Crippen LogP contribution in [-0.4, -0.2) is 34.2 Å². The van der Waals surface area contributed by atoms with Gasteiger partial charge in [-0.3, -0.25) is 9.63 Å². The van der Waals surface area contributed by atoms with Crippen LogP contribution in [-0.2, 0) is 4.84 Å². The summed E-state index contributed by atoms with van der Waals surface area (Å²) in [6.07, 6.45) is 0. The van der Waals surface area contributed by atoms with Gasteiger partial charge in [-0.25, -0.2) is 9.87 Å². The van der Waals surface area contributed by atoms with Gasteiger partial charge >= 0.3 is 0 Å². The Balaban J connectivity index is 1.99. The molecule has 164 valence electrons. The predicted octanol–water partition coefficient (Wildman–Crippen LogP) is 5.27. The maximum Gasteiger partial charge on any atom is 0.279 e. The van der Waals surface area contributed by atoms with Gasteiger partial charge < -0.3 is 14.1 Å². The van der Waals surface area contributed by atoms with E-state index in [-0.39, 0.29) is 5.82 Å². The van der Waals surface area contributed by atoms with E-state index in [1.165, 1.54) is 19.2 Å². The lowest BCUT2D eigenvalue weighted by atomic mass is 9.98. The molecule has 0 saturated heterocycles. The van der Waals surface area contributed by atoms with E-state index in [1.807, 2.05) is 55.4 Å². The molecule has 4 rings (SSSR count). The quantitative estimate of drug-likeness (QED) is 0.419. The number of nitrogens with zero attached hydrogens (tertiary/aromatic N) is 1. The molecular weight excluding hydrogens is 411 g/mol. The molecule has 0 unspecified atom stereocenters. The molecular formula is C25H23FN2O4. The van der Waals surface area contributed by atoms with Crippen molar-refractivity contribution in [1.82, 2.24) is 5.48 Å². The Bertz CT molecular complexity index is 1260. The summed E-state index contributed by atoms with van der Waals surface area (Å²) in [4.78, 5) is 19.8. The van der Waals surface area contributed by atoms with E-state index in [9.17, 15) is 9.18 Å². The van der Waals surface area contributed by atoms with Gasteiger partial charge in [0.05, 0.1) is 19.8 Å². The molecule has 0 radical (unpaired) electrons. The molecule has 0 aliphatic carbocycles. The molecule has 1 N–H and O–H groups in total. The number of carbonyl (C=O) groups excluding carboxylic acids is 1. The zero-order valence-electron chi connectivity index (χ0n) is 18.2. The van der Waals surface area contributed by atoms with Crippen molar-refractivity contribution in [3.05, 3.63) is 72.0 Å². The summed E-state index contributed by atoms with van der Waals surface area (Å²) in [5, 5.41) is 0.621. The SMILES string of the molecule is CONC(=O)c1c(-c2ccc(F)cc2)oc2cc(N(C)C)c(-c3ccc(OC)cc3)cc12. The number of hydrogen-bond acceptors (Lipinski definition) is 5. The number of methoxy groups -OCH3 is 1. The fourth-order valence-electron chi connectivity index (χ4n) is 3.68. The zero-order valence-corrected chi connectivity index (χ0v) is 18.2. The van der Waals surface area contributed by atoms with Gasteiger partial charge in [-0.05, 0) is 48.0 Å². The van der Waals surface area contributed by atoms with E-state index in [4.69, 9.17) is 14.0 Å². The third-order valence-electron chi connectivity index (χ3n) is 5.22. The number of ether oxygens (including phenoxy) is 1. The summed E-state index contributed by atoms with van der Waals surface area (Å²) >= 11 is 0. The number of hydroxylamine groups is 1. The molecule has 0 aliphatic heterocycles. The van der Waals surface area contributed by atoms with Gasteiger partial charge in [0.2, 0.25) is 0 Å². The molecule has 1 amide bonds. The van der Waals surface area contributed by atoms with Gasteiger partial charge in [0.25, 0.3) is 5.91 Å². The van der Waals surface area contributed by atoms with Gasteiger partial charge in [0.15, 0.2) is 0 Å². The second kappa shape index (κ2) is 8.72. The van der Waals surface area contributed by atoms with Gasteiger partial charge in [0, 0.05) is 42.4 Å². The Labute approximate surface area is 185 Å². The zero-order chi connectivity index (χ0) is 22.8. The second-order valence-corrected chi connectivity index (χ2v) is 7.44. The first kappa shape index (κ1) is 21.4. The first-order valence-corrected chi connectivity index (χ1v) is 9.94. The van der Waals surface area contributed by atoms with Crippen LogP contribution in [0.5, 0.6) is 5.75 Å². The van der Waals surface area contributed by atoms with Crippen molar-refractivity contribution >= 4 is 22.6 Å². The molecule has 0 fully saturated rings. The lowest BCUT2D eigenvalue weighted by Gasteiger charge is -2.18. The van der Waals surface area contributed by atoms with Gasteiger partial charge in [-0.15, -0.1) is 0 Å². The van der Waals surface area contributed by atoms with Crippen molar-refractivity contribution in [2.45, 2.75) is 0 Å². The van der Waals surface area contributed by atoms with E-state index < -0.39 is 5.91 Å². The number of fused-ring (bicyclic) bond motifs is 1. The highest BCUT2D eigenvalue weighted by Crippen LogP contribution is 2.40. The molecule has 32 heavy (non-hydrogen) atoms. The molecule has 0 aliphatic rings. The molecule has 0 spiro atoms. The van der Waals surface area contributed by atoms with E-state index >= 15 is 0 Å². The van der Waals surface area contributed by atoms with Crippen LogP contribution in [0.4, 0.5) is 10.1 Å². The first-order valence-electron chi connectivity index (χ1n) is 9.94. The molecule has 6 nitrogen and oxygen atoms in total. The van der Waals surface area contributed by atoms with Crippen LogP contribution >= 0.6 is 0 Å². The number of hydrogen-bond donors (Lipinski definition) is 1. The average molecular weight is 434 g/mol. The smallest absolute Gasteiger partial charge is 0.279 e. The number of nitrogens with one attached hydrogen (secondary N) is 1. The minimum atomic E-state index is -0.455.